The number of aliphatic carboxylic acids is 1. The second kappa shape index (κ2) is 5.72. The van der Waals surface area contributed by atoms with Crippen LogP contribution in [-0.4, -0.2) is 34.5 Å². The number of rotatable bonds is 6. The smallest absolute Gasteiger partial charge is 0.308 e. The van der Waals surface area contributed by atoms with Gasteiger partial charge in [0.15, 0.2) is 0 Å². The molecule has 4 nitrogen and oxygen atoms in total. The van der Waals surface area contributed by atoms with Crippen LogP contribution in [0.4, 0.5) is 0 Å². The first kappa shape index (κ1) is 13.4. The number of carbonyl (C=O) groups is 2. The van der Waals surface area contributed by atoms with Gasteiger partial charge in [-0.1, -0.05) is 19.8 Å². The zero-order valence-electron chi connectivity index (χ0n) is 11.1. The molecular formula is C14H23NO3. The third-order valence-corrected chi connectivity index (χ3v) is 4.14. The molecule has 2 saturated carbocycles. The Kier molecular flexibility index (Phi) is 4.25. The average molecular weight is 253 g/mol. The molecule has 0 aliphatic heterocycles. The van der Waals surface area contributed by atoms with E-state index in [4.69, 9.17) is 5.11 Å². The normalized spacial score (nSPS) is 21.8. The third kappa shape index (κ3) is 3.47. The minimum absolute atomic E-state index is 0.178. The van der Waals surface area contributed by atoms with Crippen molar-refractivity contribution >= 4 is 11.9 Å². The molecule has 0 aromatic rings. The Morgan fingerprint density at radius 3 is 2.33 bits per heavy atom. The van der Waals surface area contributed by atoms with Gasteiger partial charge >= 0.3 is 5.97 Å². The zero-order chi connectivity index (χ0) is 13.1. The van der Waals surface area contributed by atoms with Crippen LogP contribution in [0.15, 0.2) is 0 Å². The third-order valence-electron chi connectivity index (χ3n) is 4.14. The highest BCUT2D eigenvalue weighted by Crippen LogP contribution is 2.32. The fourth-order valence-electron chi connectivity index (χ4n) is 2.79. The quantitative estimate of drug-likeness (QED) is 0.790. The molecule has 1 N–H and O–H groups in total. The van der Waals surface area contributed by atoms with Crippen molar-refractivity contribution in [2.45, 2.75) is 57.9 Å². The van der Waals surface area contributed by atoms with Gasteiger partial charge in [-0.25, -0.2) is 0 Å². The summed E-state index contributed by atoms with van der Waals surface area (Å²) in [5.74, 6) is -0.552. The summed E-state index contributed by atoms with van der Waals surface area (Å²) in [6.07, 6.45) is 7.53. The van der Waals surface area contributed by atoms with Crippen molar-refractivity contribution in [1.82, 2.24) is 4.90 Å². The van der Waals surface area contributed by atoms with Gasteiger partial charge in [-0.15, -0.1) is 0 Å². The lowest BCUT2D eigenvalue weighted by Gasteiger charge is -2.25. The van der Waals surface area contributed by atoms with E-state index >= 15 is 0 Å². The number of hydrogen-bond acceptors (Lipinski definition) is 2. The van der Waals surface area contributed by atoms with Crippen LogP contribution in [0.3, 0.4) is 0 Å². The molecule has 2 aliphatic carbocycles. The summed E-state index contributed by atoms with van der Waals surface area (Å²) in [6, 6.07) is 0.320. The SMILES string of the molecule is CC(CN(C(=O)CC1CCCC1)C1CC1)C(=O)O. The summed E-state index contributed by atoms with van der Waals surface area (Å²) < 4.78 is 0. The number of hydrogen-bond donors (Lipinski definition) is 1. The molecule has 0 heterocycles. The van der Waals surface area contributed by atoms with Gasteiger partial charge in [0.05, 0.1) is 5.92 Å². The summed E-state index contributed by atoms with van der Waals surface area (Å²) >= 11 is 0. The van der Waals surface area contributed by atoms with E-state index in [1.807, 2.05) is 4.90 Å². The van der Waals surface area contributed by atoms with E-state index in [1.165, 1.54) is 25.7 Å². The Labute approximate surface area is 108 Å². The maximum atomic E-state index is 12.3. The maximum Gasteiger partial charge on any atom is 0.308 e. The van der Waals surface area contributed by atoms with E-state index in [0.717, 1.165) is 12.8 Å². The lowest BCUT2D eigenvalue weighted by atomic mass is 10.0. The Morgan fingerprint density at radius 1 is 1.22 bits per heavy atom. The average Bonchev–Trinajstić information content (AvgIpc) is 3.03. The van der Waals surface area contributed by atoms with Crippen LogP contribution in [0, 0.1) is 11.8 Å². The van der Waals surface area contributed by atoms with E-state index in [9.17, 15) is 9.59 Å². The summed E-state index contributed by atoms with van der Waals surface area (Å²) in [6.45, 7) is 2.06. The molecule has 0 radical (unpaired) electrons. The monoisotopic (exact) mass is 253 g/mol. The number of nitrogens with zero attached hydrogens (tertiary/aromatic N) is 1. The topological polar surface area (TPSA) is 57.6 Å². The summed E-state index contributed by atoms with van der Waals surface area (Å²) in [4.78, 5) is 25.0. The molecule has 1 atom stereocenters. The van der Waals surface area contributed by atoms with Gasteiger partial charge < -0.3 is 10.0 Å². The lowest BCUT2D eigenvalue weighted by Crippen LogP contribution is -2.39. The van der Waals surface area contributed by atoms with E-state index in [-0.39, 0.29) is 5.91 Å². The Balaban J connectivity index is 1.87. The van der Waals surface area contributed by atoms with Crippen molar-refractivity contribution in [2.75, 3.05) is 6.54 Å². The van der Waals surface area contributed by atoms with Gasteiger partial charge in [0.25, 0.3) is 0 Å². The predicted molar refractivity (Wildman–Crippen MR) is 68.1 cm³/mol. The molecule has 2 aliphatic rings. The molecule has 1 unspecified atom stereocenters. The van der Waals surface area contributed by atoms with Crippen LogP contribution >= 0.6 is 0 Å². The maximum absolute atomic E-state index is 12.3. The number of carboxylic acids is 1. The first-order chi connectivity index (χ1) is 8.58. The minimum atomic E-state index is -0.811. The largest absolute Gasteiger partial charge is 0.481 e. The Bertz CT molecular complexity index is 319. The second-order valence-corrected chi connectivity index (χ2v) is 5.87. The van der Waals surface area contributed by atoms with Crippen LogP contribution in [-0.2, 0) is 9.59 Å². The van der Waals surface area contributed by atoms with Gasteiger partial charge in [-0.3, -0.25) is 9.59 Å². The molecule has 0 spiro atoms. The predicted octanol–water partition coefficient (Wildman–Crippen LogP) is 2.28. The van der Waals surface area contributed by atoms with Gasteiger partial charge in [-0.2, -0.15) is 0 Å². The van der Waals surface area contributed by atoms with E-state index in [0.29, 0.717) is 24.9 Å². The molecule has 2 fully saturated rings. The summed E-state index contributed by atoms with van der Waals surface area (Å²) in [7, 11) is 0. The van der Waals surface area contributed by atoms with Gasteiger partial charge in [0, 0.05) is 19.0 Å². The second-order valence-electron chi connectivity index (χ2n) is 5.87. The fraction of sp³-hybridized carbons (Fsp3) is 0.857. The van der Waals surface area contributed by atoms with Crippen molar-refractivity contribution < 1.29 is 14.7 Å². The van der Waals surface area contributed by atoms with Gasteiger partial charge in [0.2, 0.25) is 5.91 Å². The highest BCUT2D eigenvalue weighted by atomic mass is 16.4. The van der Waals surface area contributed by atoms with Crippen molar-refractivity contribution in [2.24, 2.45) is 11.8 Å². The molecular weight excluding hydrogens is 230 g/mol. The summed E-state index contributed by atoms with van der Waals surface area (Å²) in [5.41, 5.74) is 0. The Morgan fingerprint density at radius 2 is 1.83 bits per heavy atom. The van der Waals surface area contributed by atoms with Crippen LogP contribution in [0.1, 0.15) is 51.9 Å². The summed E-state index contributed by atoms with van der Waals surface area (Å²) in [5, 5.41) is 8.96. The molecule has 0 bridgehead atoms. The van der Waals surface area contributed by atoms with Crippen molar-refractivity contribution in [3.8, 4) is 0 Å². The van der Waals surface area contributed by atoms with Crippen LogP contribution in [0.2, 0.25) is 0 Å². The molecule has 4 heteroatoms. The molecule has 102 valence electrons. The van der Waals surface area contributed by atoms with Crippen molar-refractivity contribution in [3.05, 3.63) is 0 Å². The standard InChI is InChI=1S/C14H23NO3/c1-10(14(17)18)9-15(12-6-7-12)13(16)8-11-4-2-3-5-11/h10-12H,2-9H2,1H3,(H,17,18). The van der Waals surface area contributed by atoms with E-state index in [2.05, 4.69) is 0 Å². The number of carbonyl (C=O) groups excluding carboxylic acids is 1. The molecule has 18 heavy (non-hydrogen) atoms. The minimum Gasteiger partial charge on any atom is -0.481 e. The Hall–Kier alpha value is -1.06. The van der Waals surface area contributed by atoms with Crippen LogP contribution < -0.4 is 0 Å². The number of carboxylic acid groups (broad SMARTS) is 1. The molecule has 0 aromatic carbocycles. The number of amides is 1. The van der Waals surface area contributed by atoms with Crippen LogP contribution in [0.25, 0.3) is 0 Å². The van der Waals surface area contributed by atoms with Crippen molar-refractivity contribution in [3.63, 3.8) is 0 Å². The lowest BCUT2D eigenvalue weighted by molar-refractivity contribution is -0.143. The zero-order valence-corrected chi connectivity index (χ0v) is 11.1. The first-order valence-electron chi connectivity index (χ1n) is 7.10. The van der Waals surface area contributed by atoms with Gasteiger partial charge in [-0.05, 0) is 31.6 Å². The molecule has 0 aromatic heterocycles. The molecule has 0 saturated heterocycles. The van der Waals surface area contributed by atoms with Crippen LogP contribution in [0.5, 0.6) is 0 Å². The highest BCUT2D eigenvalue weighted by molar-refractivity contribution is 5.78. The highest BCUT2D eigenvalue weighted by Gasteiger charge is 2.35. The first-order valence-corrected chi connectivity index (χ1v) is 7.10. The van der Waals surface area contributed by atoms with Crippen molar-refractivity contribution in [1.29, 1.82) is 0 Å². The molecule has 2 rings (SSSR count). The van der Waals surface area contributed by atoms with Gasteiger partial charge in [0.1, 0.15) is 0 Å². The van der Waals surface area contributed by atoms with E-state index in [1.54, 1.807) is 6.92 Å². The van der Waals surface area contributed by atoms with E-state index < -0.39 is 11.9 Å². The molecule has 1 amide bonds. The fourth-order valence-corrected chi connectivity index (χ4v) is 2.79.